The minimum Gasteiger partial charge on any atom is -0.511 e. The lowest BCUT2D eigenvalue weighted by molar-refractivity contribution is 0.102. The fourth-order valence-electron chi connectivity index (χ4n) is 3.67. The summed E-state index contributed by atoms with van der Waals surface area (Å²) in [5.41, 5.74) is 0. The summed E-state index contributed by atoms with van der Waals surface area (Å²) in [7, 11) is 1.78. The van der Waals surface area contributed by atoms with Crippen LogP contribution in [0.2, 0.25) is 0 Å². The average Bonchev–Trinajstić information content (AvgIpc) is 2.69. The zero-order valence-electron chi connectivity index (χ0n) is 18.8. The lowest BCUT2D eigenvalue weighted by Crippen LogP contribution is -2.42. The molecular formula is C24H44O2S2. The number of aliphatic hydroxyl groups excluding tert-OH is 1. The van der Waals surface area contributed by atoms with E-state index in [1.165, 1.54) is 82.0 Å². The van der Waals surface area contributed by atoms with Gasteiger partial charge >= 0.3 is 0 Å². The van der Waals surface area contributed by atoms with Crippen molar-refractivity contribution < 1.29 is 9.84 Å². The molecule has 0 amide bonds. The summed E-state index contributed by atoms with van der Waals surface area (Å²) in [6, 6.07) is 0. The molecule has 1 aliphatic carbocycles. The summed E-state index contributed by atoms with van der Waals surface area (Å²) in [5.74, 6) is 2.68. The van der Waals surface area contributed by atoms with Gasteiger partial charge in [-0.25, -0.2) is 0 Å². The largest absolute Gasteiger partial charge is 0.511 e. The van der Waals surface area contributed by atoms with Crippen LogP contribution < -0.4 is 0 Å². The lowest BCUT2D eigenvalue weighted by Gasteiger charge is -2.39. The molecule has 0 bridgehead atoms. The van der Waals surface area contributed by atoms with Crippen molar-refractivity contribution in [3.8, 4) is 0 Å². The standard InChI is InChI=1S/C24H44O2S2/c1-5-7-9-11-13-15-19-27-21-17-18-22(25)24(3,23(21)26-4)28-20-16-14-12-10-8-6-2/h17-18,23,25H,5-16,19-20H2,1-4H3. The molecule has 0 heterocycles. The summed E-state index contributed by atoms with van der Waals surface area (Å²) in [6.45, 7) is 6.67. The minimum atomic E-state index is -0.365. The highest BCUT2D eigenvalue weighted by Crippen LogP contribution is 2.45. The van der Waals surface area contributed by atoms with E-state index in [9.17, 15) is 5.11 Å². The maximum atomic E-state index is 10.6. The van der Waals surface area contributed by atoms with Crippen LogP contribution in [0.25, 0.3) is 0 Å². The molecule has 0 radical (unpaired) electrons. The highest BCUT2D eigenvalue weighted by atomic mass is 32.2. The van der Waals surface area contributed by atoms with Gasteiger partial charge < -0.3 is 9.84 Å². The van der Waals surface area contributed by atoms with Gasteiger partial charge in [0.15, 0.2) is 0 Å². The molecule has 0 saturated carbocycles. The Kier molecular flexibility index (Phi) is 14.6. The normalized spacial score (nSPS) is 22.2. The zero-order valence-corrected chi connectivity index (χ0v) is 20.4. The number of unbranched alkanes of at least 4 members (excludes halogenated alkanes) is 10. The van der Waals surface area contributed by atoms with Crippen LogP contribution in [-0.2, 0) is 4.74 Å². The van der Waals surface area contributed by atoms with E-state index in [2.05, 4.69) is 26.8 Å². The summed E-state index contributed by atoms with van der Waals surface area (Å²) < 4.78 is 5.53. The van der Waals surface area contributed by atoms with Crippen molar-refractivity contribution in [1.82, 2.24) is 0 Å². The molecule has 1 N–H and O–H groups in total. The Balaban J connectivity index is 2.42. The topological polar surface area (TPSA) is 29.5 Å². The zero-order chi connectivity index (χ0) is 20.7. The summed E-state index contributed by atoms with van der Waals surface area (Å²) in [5, 5.41) is 10.6. The maximum absolute atomic E-state index is 10.6. The molecule has 4 heteroatoms. The highest BCUT2D eigenvalue weighted by Gasteiger charge is 2.43. The molecule has 2 atom stereocenters. The first kappa shape index (κ1) is 26.0. The van der Waals surface area contributed by atoms with E-state index >= 15 is 0 Å². The number of aliphatic hydroxyl groups is 1. The molecule has 1 aliphatic rings. The monoisotopic (exact) mass is 428 g/mol. The van der Waals surface area contributed by atoms with E-state index in [0.717, 1.165) is 11.5 Å². The molecule has 28 heavy (non-hydrogen) atoms. The van der Waals surface area contributed by atoms with E-state index in [-0.39, 0.29) is 10.9 Å². The van der Waals surface area contributed by atoms with Crippen LogP contribution in [0, 0.1) is 0 Å². The number of ether oxygens (including phenoxy) is 1. The smallest absolute Gasteiger partial charge is 0.111 e. The second kappa shape index (κ2) is 15.7. The minimum absolute atomic E-state index is 0.0484. The number of allylic oxidation sites excluding steroid dienone is 2. The molecule has 0 aromatic heterocycles. The van der Waals surface area contributed by atoms with Crippen LogP contribution in [0.3, 0.4) is 0 Å². The van der Waals surface area contributed by atoms with E-state index in [1.807, 2.05) is 29.6 Å². The van der Waals surface area contributed by atoms with E-state index < -0.39 is 0 Å². The first-order chi connectivity index (χ1) is 13.6. The Hall–Kier alpha value is -0.0600. The molecule has 2 nitrogen and oxygen atoms in total. The number of rotatable bonds is 17. The number of hydrogen-bond donors (Lipinski definition) is 1. The van der Waals surface area contributed by atoms with Crippen LogP contribution in [0.5, 0.6) is 0 Å². The Morgan fingerprint density at radius 2 is 1.39 bits per heavy atom. The Bertz CT molecular complexity index is 462. The molecule has 0 saturated heterocycles. The van der Waals surface area contributed by atoms with Crippen molar-refractivity contribution in [3.63, 3.8) is 0 Å². The van der Waals surface area contributed by atoms with Gasteiger partial charge in [0.1, 0.15) is 16.6 Å². The van der Waals surface area contributed by atoms with E-state index in [4.69, 9.17) is 4.74 Å². The summed E-state index contributed by atoms with van der Waals surface area (Å²) in [4.78, 5) is 1.27. The quantitative estimate of drug-likeness (QED) is 0.236. The second-order valence-electron chi connectivity index (χ2n) is 8.08. The SMILES string of the molecule is CCCCCCCCSC1=CC=C(O)C(C)(SCCCCCCCC)C1OC. The molecule has 0 aromatic carbocycles. The lowest BCUT2D eigenvalue weighted by atomic mass is 9.96. The van der Waals surface area contributed by atoms with Crippen LogP contribution in [0.1, 0.15) is 97.8 Å². The van der Waals surface area contributed by atoms with Gasteiger partial charge in [-0.2, -0.15) is 0 Å². The van der Waals surface area contributed by atoms with Crippen molar-refractivity contribution in [2.75, 3.05) is 18.6 Å². The van der Waals surface area contributed by atoms with Gasteiger partial charge in [0.25, 0.3) is 0 Å². The molecule has 0 aromatic rings. The van der Waals surface area contributed by atoms with Crippen LogP contribution in [0.4, 0.5) is 0 Å². The van der Waals surface area contributed by atoms with Crippen molar-refractivity contribution in [2.45, 2.75) is 109 Å². The van der Waals surface area contributed by atoms with Crippen LogP contribution in [-0.4, -0.2) is 34.6 Å². The molecule has 164 valence electrons. The predicted molar refractivity (Wildman–Crippen MR) is 130 cm³/mol. The molecule has 0 spiro atoms. The van der Waals surface area contributed by atoms with Gasteiger partial charge in [-0.15, -0.1) is 23.5 Å². The molecule has 0 fully saturated rings. The second-order valence-corrected chi connectivity index (χ2v) is 10.8. The maximum Gasteiger partial charge on any atom is 0.111 e. The van der Waals surface area contributed by atoms with Gasteiger partial charge in [-0.1, -0.05) is 78.1 Å². The first-order valence-corrected chi connectivity index (χ1v) is 13.5. The van der Waals surface area contributed by atoms with Gasteiger partial charge in [0.2, 0.25) is 0 Å². The van der Waals surface area contributed by atoms with E-state index in [0.29, 0.717) is 5.76 Å². The third kappa shape index (κ3) is 9.17. The van der Waals surface area contributed by atoms with Crippen molar-refractivity contribution >= 4 is 23.5 Å². The number of methoxy groups -OCH3 is 1. The first-order valence-electron chi connectivity index (χ1n) is 11.5. The Morgan fingerprint density at radius 3 is 1.96 bits per heavy atom. The molecule has 2 unspecified atom stereocenters. The molecular weight excluding hydrogens is 384 g/mol. The van der Waals surface area contributed by atoms with Crippen molar-refractivity contribution in [1.29, 1.82) is 0 Å². The fraction of sp³-hybridized carbons (Fsp3) is 0.833. The van der Waals surface area contributed by atoms with E-state index in [1.54, 1.807) is 7.11 Å². The third-order valence-corrected chi connectivity index (χ3v) is 8.27. The summed E-state index contributed by atoms with van der Waals surface area (Å²) in [6.07, 6.45) is 19.7. The van der Waals surface area contributed by atoms with Gasteiger partial charge in [0.05, 0.1) is 0 Å². The van der Waals surface area contributed by atoms with Gasteiger partial charge in [-0.05, 0) is 43.4 Å². The average molecular weight is 429 g/mol. The molecule has 0 aliphatic heterocycles. The summed E-state index contributed by atoms with van der Waals surface area (Å²) >= 11 is 3.78. The Morgan fingerprint density at radius 1 is 0.857 bits per heavy atom. The number of thioether (sulfide) groups is 2. The predicted octanol–water partition coefficient (Wildman–Crippen LogP) is 8.29. The highest BCUT2D eigenvalue weighted by molar-refractivity contribution is 8.03. The van der Waals surface area contributed by atoms with Gasteiger partial charge in [0, 0.05) is 12.0 Å². The van der Waals surface area contributed by atoms with Crippen LogP contribution >= 0.6 is 23.5 Å². The number of hydrogen-bond acceptors (Lipinski definition) is 4. The Labute approximate surface area is 183 Å². The molecule has 1 rings (SSSR count). The fourth-order valence-corrected chi connectivity index (χ4v) is 6.34. The third-order valence-electron chi connectivity index (χ3n) is 5.57. The van der Waals surface area contributed by atoms with Crippen LogP contribution in [0.15, 0.2) is 22.8 Å². The van der Waals surface area contributed by atoms with Crippen molar-refractivity contribution in [3.05, 3.63) is 22.8 Å². The van der Waals surface area contributed by atoms with Crippen molar-refractivity contribution in [2.24, 2.45) is 0 Å². The van der Waals surface area contributed by atoms with Gasteiger partial charge in [-0.3, -0.25) is 0 Å².